The highest BCUT2D eigenvalue weighted by Gasteiger charge is 2.16. The fourth-order valence-corrected chi connectivity index (χ4v) is 2.27. The SMILES string of the molecule is [C-]#[N+]C(=C)C(=O)N(C)Cc1cc(CN(C)C(=O)C(=C)C#N)cc(OC)c1. The van der Waals surface area contributed by atoms with Crippen molar-refractivity contribution in [3.05, 3.63) is 65.2 Å². The molecule has 134 valence electrons. The van der Waals surface area contributed by atoms with Crippen LogP contribution in [0.4, 0.5) is 0 Å². The van der Waals surface area contributed by atoms with Crippen LogP contribution in [0.2, 0.25) is 0 Å². The molecular formula is C19H20N4O3. The Labute approximate surface area is 153 Å². The van der Waals surface area contributed by atoms with Crippen LogP contribution in [0, 0.1) is 17.9 Å². The van der Waals surface area contributed by atoms with Crippen LogP contribution in [0.5, 0.6) is 5.75 Å². The van der Waals surface area contributed by atoms with E-state index in [-0.39, 0.29) is 24.4 Å². The monoisotopic (exact) mass is 352 g/mol. The lowest BCUT2D eigenvalue weighted by molar-refractivity contribution is -0.126. The van der Waals surface area contributed by atoms with Crippen molar-refractivity contribution < 1.29 is 14.3 Å². The fraction of sp³-hybridized carbons (Fsp3) is 0.263. The second-order valence-electron chi connectivity index (χ2n) is 5.66. The second kappa shape index (κ2) is 9.05. The number of hydrogen-bond donors (Lipinski definition) is 0. The summed E-state index contributed by atoms with van der Waals surface area (Å²) < 4.78 is 5.27. The molecule has 0 radical (unpaired) electrons. The van der Waals surface area contributed by atoms with Gasteiger partial charge in [-0.05, 0) is 23.3 Å². The quantitative estimate of drug-likeness (QED) is 0.428. The Morgan fingerprint density at radius 1 is 1.15 bits per heavy atom. The third-order valence-corrected chi connectivity index (χ3v) is 3.57. The van der Waals surface area contributed by atoms with Crippen LogP contribution in [0.3, 0.4) is 0 Å². The molecule has 0 saturated carbocycles. The molecule has 26 heavy (non-hydrogen) atoms. The van der Waals surface area contributed by atoms with E-state index < -0.39 is 11.8 Å². The first kappa shape index (κ1) is 20.5. The van der Waals surface area contributed by atoms with E-state index >= 15 is 0 Å². The molecule has 7 heteroatoms. The highest BCUT2D eigenvalue weighted by Crippen LogP contribution is 2.20. The molecule has 7 nitrogen and oxygen atoms in total. The predicted octanol–water partition coefficient (Wildman–Crippen LogP) is 2.12. The lowest BCUT2D eigenvalue weighted by Gasteiger charge is -2.20. The summed E-state index contributed by atoms with van der Waals surface area (Å²) in [6, 6.07) is 7.09. The van der Waals surface area contributed by atoms with Gasteiger partial charge in [-0.15, -0.1) is 0 Å². The number of methoxy groups -OCH3 is 1. The fourth-order valence-electron chi connectivity index (χ4n) is 2.27. The number of carbonyl (C=O) groups excluding carboxylic acids is 2. The van der Waals surface area contributed by atoms with Gasteiger partial charge < -0.3 is 14.5 Å². The smallest absolute Gasteiger partial charge is 0.263 e. The standard InChI is InChI=1S/C19H20N4O3/c1-13(10-20)18(24)22(4)11-15-7-16(9-17(8-15)26-6)12-23(5)19(25)14(2)21-3/h7-9H,1-2,11-12H2,4-6H3. The van der Waals surface area contributed by atoms with Gasteiger partial charge in [0.25, 0.3) is 11.8 Å². The Bertz CT molecular complexity index is 766. The maximum absolute atomic E-state index is 12.0. The van der Waals surface area contributed by atoms with Crippen molar-refractivity contribution in [1.82, 2.24) is 9.80 Å². The Hall–Kier alpha value is -3.58. The molecule has 1 aromatic carbocycles. The first-order valence-corrected chi connectivity index (χ1v) is 7.56. The molecule has 0 spiro atoms. The van der Waals surface area contributed by atoms with Crippen molar-refractivity contribution >= 4 is 11.8 Å². The number of hydrogen-bond acceptors (Lipinski definition) is 4. The van der Waals surface area contributed by atoms with Crippen molar-refractivity contribution in [3.63, 3.8) is 0 Å². The van der Waals surface area contributed by atoms with E-state index in [2.05, 4.69) is 18.0 Å². The van der Waals surface area contributed by atoms with Crippen molar-refractivity contribution in [2.45, 2.75) is 13.1 Å². The summed E-state index contributed by atoms with van der Waals surface area (Å²) in [7, 11) is 4.66. The highest BCUT2D eigenvalue weighted by atomic mass is 16.5. The van der Waals surface area contributed by atoms with Crippen molar-refractivity contribution in [2.24, 2.45) is 0 Å². The van der Waals surface area contributed by atoms with Crippen molar-refractivity contribution in [2.75, 3.05) is 21.2 Å². The van der Waals surface area contributed by atoms with E-state index in [9.17, 15) is 9.59 Å². The van der Waals surface area contributed by atoms with Gasteiger partial charge in [-0.1, -0.05) is 19.2 Å². The van der Waals surface area contributed by atoms with Gasteiger partial charge in [-0.3, -0.25) is 9.59 Å². The van der Waals surface area contributed by atoms with Crippen LogP contribution in [0.25, 0.3) is 4.85 Å². The first-order chi connectivity index (χ1) is 12.2. The van der Waals surface area contributed by atoms with Crippen LogP contribution >= 0.6 is 0 Å². The van der Waals surface area contributed by atoms with Crippen molar-refractivity contribution in [1.29, 1.82) is 5.26 Å². The topological polar surface area (TPSA) is 78.0 Å². The number of nitriles is 1. The summed E-state index contributed by atoms with van der Waals surface area (Å²) in [6.45, 7) is 14.2. The van der Waals surface area contributed by atoms with Crippen LogP contribution in [0.15, 0.2) is 42.6 Å². The molecule has 1 rings (SSSR count). The molecule has 0 aliphatic rings. The molecule has 0 bridgehead atoms. The van der Waals surface area contributed by atoms with Gasteiger partial charge >= 0.3 is 0 Å². The second-order valence-corrected chi connectivity index (χ2v) is 5.66. The number of carbonyl (C=O) groups is 2. The average Bonchev–Trinajstić information content (AvgIpc) is 2.64. The van der Waals surface area contributed by atoms with E-state index in [4.69, 9.17) is 16.6 Å². The predicted molar refractivity (Wildman–Crippen MR) is 96.4 cm³/mol. The number of ether oxygens (including phenoxy) is 1. The lowest BCUT2D eigenvalue weighted by Crippen LogP contribution is -2.28. The van der Waals surface area contributed by atoms with Gasteiger partial charge in [0.1, 0.15) is 17.4 Å². The van der Waals surface area contributed by atoms with Gasteiger partial charge in [-0.25, -0.2) is 4.85 Å². The summed E-state index contributed by atoms with van der Waals surface area (Å²) in [4.78, 5) is 29.8. The zero-order valence-corrected chi connectivity index (χ0v) is 15.1. The van der Waals surface area contributed by atoms with E-state index in [0.29, 0.717) is 5.75 Å². The zero-order chi connectivity index (χ0) is 19.9. The van der Waals surface area contributed by atoms with E-state index in [1.54, 1.807) is 32.3 Å². The molecule has 0 unspecified atom stereocenters. The molecule has 0 atom stereocenters. The van der Waals surface area contributed by atoms with Gasteiger partial charge in [0, 0.05) is 27.2 Å². The Morgan fingerprint density at radius 2 is 1.65 bits per heavy atom. The van der Waals surface area contributed by atoms with Gasteiger partial charge in [-0.2, -0.15) is 5.26 Å². The van der Waals surface area contributed by atoms with Gasteiger partial charge in [0.05, 0.1) is 13.7 Å². The third kappa shape index (κ3) is 5.22. The van der Waals surface area contributed by atoms with Crippen LogP contribution in [0.1, 0.15) is 11.1 Å². The third-order valence-electron chi connectivity index (χ3n) is 3.57. The molecule has 0 heterocycles. The molecule has 0 aromatic heterocycles. The molecule has 2 amide bonds. The summed E-state index contributed by atoms with van der Waals surface area (Å²) in [6.07, 6.45) is 0. The minimum absolute atomic E-state index is 0.140. The van der Waals surface area contributed by atoms with Gasteiger partial charge in [0.15, 0.2) is 0 Å². The Kier molecular flexibility index (Phi) is 7.12. The highest BCUT2D eigenvalue weighted by molar-refractivity contribution is 5.96. The zero-order valence-electron chi connectivity index (χ0n) is 15.1. The van der Waals surface area contributed by atoms with Crippen LogP contribution in [-0.2, 0) is 22.7 Å². The van der Waals surface area contributed by atoms with E-state index in [1.807, 2.05) is 6.07 Å². The first-order valence-electron chi connectivity index (χ1n) is 7.56. The number of likely N-dealkylation sites (N-methyl/N-ethyl adjacent to an activating group) is 2. The van der Waals surface area contributed by atoms with Crippen LogP contribution < -0.4 is 4.74 Å². The van der Waals surface area contributed by atoms with Crippen molar-refractivity contribution in [3.8, 4) is 11.8 Å². The maximum atomic E-state index is 12.0. The van der Waals surface area contributed by atoms with E-state index in [0.717, 1.165) is 11.1 Å². The van der Waals surface area contributed by atoms with Gasteiger partial charge in [0.2, 0.25) is 5.70 Å². The average molecular weight is 352 g/mol. The van der Waals surface area contributed by atoms with Crippen LogP contribution in [-0.4, -0.2) is 42.8 Å². The molecule has 0 fully saturated rings. The number of nitrogens with zero attached hydrogens (tertiary/aromatic N) is 4. The number of amides is 2. The number of benzene rings is 1. The summed E-state index contributed by atoms with van der Waals surface area (Å²) in [5.74, 6) is -0.346. The number of rotatable bonds is 7. The minimum atomic E-state index is -0.461. The Balaban J connectivity index is 3.02. The van der Waals surface area contributed by atoms with E-state index in [1.165, 1.54) is 16.9 Å². The minimum Gasteiger partial charge on any atom is -0.497 e. The summed E-state index contributed by atoms with van der Waals surface area (Å²) >= 11 is 0. The molecule has 1 aromatic rings. The summed E-state index contributed by atoms with van der Waals surface area (Å²) in [5, 5.41) is 8.78. The molecule has 0 aliphatic heterocycles. The summed E-state index contributed by atoms with van der Waals surface area (Å²) in [5.41, 5.74) is 1.24. The lowest BCUT2D eigenvalue weighted by atomic mass is 10.1. The molecule has 0 saturated heterocycles. The maximum Gasteiger partial charge on any atom is 0.263 e. The normalized spacial score (nSPS) is 9.42. The largest absolute Gasteiger partial charge is 0.497 e. The molecular weight excluding hydrogens is 332 g/mol. The molecule has 0 aliphatic carbocycles. The Morgan fingerprint density at radius 3 is 2.08 bits per heavy atom. The molecule has 0 N–H and O–H groups in total.